The molecule has 2 rings (SSSR count). The minimum atomic E-state index is -0.886. The Labute approximate surface area is 57.2 Å². The summed E-state index contributed by atoms with van der Waals surface area (Å²) in [5, 5.41) is 11.1. The predicted octanol–water partition coefficient (Wildman–Crippen LogP) is -0.650. The van der Waals surface area contributed by atoms with Gasteiger partial charge in [-0.3, -0.25) is 4.79 Å². The Morgan fingerprint density at radius 1 is 1.80 bits per heavy atom. The van der Waals surface area contributed by atoms with Crippen LogP contribution >= 0.6 is 0 Å². The first-order valence-corrected chi connectivity index (χ1v) is 3.19. The molecule has 0 aromatic carbocycles. The van der Waals surface area contributed by atoms with Crippen LogP contribution in [-0.4, -0.2) is 22.5 Å². The maximum absolute atomic E-state index is 10.6. The lowest BCUT2D eigenvalue weighted by Crippen LogP contribution is -2.39. The SMILES string of the molecule is O=C1C[C@H]2C[C@]2(C(=O)O)N1. The van der Waals surface area contributed by atoms with Crippen LogP contribution in [0.25, 0.3) is 0 Å². The molecular weight excluding hydrogens is 134 g/mol. The molecule has 0 spiro atoms. The quantitative estimate of drug-likeness (QED) is 0.510. The molecular formula is C6H7NO3. The summed E-state index contributed by atoms with van der Waals surface area (Å²) in [6.07, 6.45) is 1.01. The third-order valence-corrected chi connectivity index (χ3v) is 2.28. The van der Waals surface area contributed by atoms with Gasteiger partial charge in [0, 0.05) is 12.3 Å². The highest BCUT2D eigenvalue weighted by molar-refractivity contribution is 5.95. The second-order valence-corrected chi connectivity index (χ2v) is 2.93. The lowest BCUT2D eigenvalue weighted by atomic mass is 10.2. The number of nitrogens with one attached hydrogen (secondary N) is 1. The fourth-order valence-electron chi connectivity index (χ4n) is 1.57. The molecule has 0 aromatic rings. The molecule has 2 aliphatic rings. The van der Waals surface area contributed by atoms with E-state index in [-0.39, 0.29) is 11.8 Å². The molecule has 4 heteroatoms. The van der Waals surface area contributed by atoms with Crippen molar-refractivity contribution in [3.05, 3.63) is 0 Å². The van der Waals surface area contributed by atoms with Gasteiger partial charge in [-0.1, -0.05) is 0 Å². The molecule has 10 heavy (non-hydrogen) atoms. The van der Waals surface area contributed by atoms with Gasteiger partial charge in [0.15, 0.2) is 0 Å². The van der Waals surface area contributed by atoms with Gasteiger partial charge in [-0.05, 0) is 6.42 Å². The van der Waals surface area contributed by atoms with Crippen LogP contribution in [0.1, 0.15) is 12.8 Å². The highest BCUT2D eigenvalue weighted by atomic mass is 16.4. The van der Waals surface area contributed by atoms with E-state index in [2.05, 4.69) is 5.32 Å². The van der Waals surface area contributed by atoms with Gasteiger partial charge in [-0.2, -0.15) is 0 Å². The fourth-order valence-corrected chi connectivity index (χ4v) is 1.57. The Hall–Kier alpha value is -1.06. The topological polar surface area (TPSA) is 66.4 Å². The summed E-state index contributed by atoms with van der Waals surface area (Å²) in [6, 6.07) is 0. The first kappa shape index (κ1) is 5.70. The van der Waals surface area contributed by atoms with Crippen LogP contribution in [0.4, 0.5) is 0 Å². The lowest BCUT2D eigenvalue weighted by molar-refractivity contribution is -0.142. The molecule has 1 saturated carbocycles. The molecule has 1 heterocycles. The minimum Gasteiger partial charge on any atom is -0.479 e. The van der Waals surface area contributed by atoms with Crippen molar-refractivity contribution in [2.45, 2.75) is 18.4 Å². The minimum absolute atomic E-state index is 0.0671. The van der Waals surface area contributed by atoms with Gasteiger partial charge < -0.3 is 10.4 Å². The number of carboxylic acid groups (broad SMARTS) is 1. The molecule has 2 fully saturated rings. The van der Waals surface area contributed by atoms with E-state index in [4.69, 9.17) is 5.11 Å². The van der Waals surface area contributed by atoms with Crippen LogP contribution in [0.2, 0.25) is 0 Å². The van der Waals surface area contributed by atoms with Crippen molar-refractivity contribution in [3.63, 3.8) is 0 Å². The maximum atomic E-state index is 10.6. The van der Waals surface area contributed by atoms with Crippen molar-refractivity contribution in [2.75, 3.05) is 0 Å². The monoisotopic (exact) mass is 141 g/mol. The molecule has 0 unspecified atom stereocenters. The number of rotatable bonds is 1. The van der Waals surface area contributed by atoms with Crippen LogP contribution in [0.5, 0.6) is 0 Å². The number of hydrogen-bond acceptors (Lipinski definition) is 2. The van der Waals surface area contributed by atoms with Crippen molar-refractivity contribution in [2.24, 2.45) is 5.92 Å². The number of carbonyl (C=O) groups is 2. The second kappa shape index (κ2) is 1.33. The molecule has 2 N–H and O–H groups in total. The second-order valence-electron chi connectivity index (χ2n) is 2.93. The largest absolute Gasteiger partial charge is 0.479 e. The first-order valence-electron chi connectivity index (χ1n) is 3.19. The smallest absolute Gasteiger partial charge is 0.329 e. The third-order valence-electron chi connectivity index (χ3n) is 2.28. The summed E-state index contributed by atoms with van der Waals surface area (Å²) in [6.45, 7) is 0. The van der Waals surface area contributed by atoms with Gasteiger partial charge in [0.2, 0.25) is 5.91 Å². The van der Waals surface area contributed by atoms with Gasteiger partial charge in [-0.15, -0.1) is 0 Å². The van der Waals surface area contributed by atoms with Crippen LogP contribution in [0.15, 0.2) is 0 Å². The van der Waals surface area contributed by atoms with Crippen molar-refractivity contribution in [3.8, 4) is 0 Å². The Bertz CT molecular complexity index is 225. The Balaban J connectivity index is 2.23. The summed E-state index contributed by atoms with van der Waals surface area (Å²) < 4.78 is 0. The predicted molar refractivity (Wildman–Crippen MR) is 31.2 cm³/mol. The van der Waals surface area contributed by atoms with E-state index in [0.29, 0.717) is 12.8 Å². The van der Waals surface area contributed by atoms with Crippen LogP contribution < -0.4 is 5.32 Å². The molecule has 1 saturated heterocycles. The van der Waals surface area contributed by atoms with E-state index in [9.17, 15) is 9.59 Å². The number of hydrogen-bond donors (Lipinski definition) is 2. The molecule has 0 aromatic heterocycles. The number of amides is 1. The van der Waals surface area contributed by atoms with E-state index in [0.717, 1.165) is 0 Å². The van der Waals surface area contributed by atoms with Gasteiger partial charge in [0.05, 0.1) is 0 Å². The summed E-state index contributed by atoms with van der Waals surface area (Å²) in [5.74, 6) is -0.945. The van der Waals surface area contributed by atoms with Crippen molar-refractivity contribution in [1.29, 1.82) is 0 Å². The van der Waals surface area contributed by atoms with E-state index in [1.54, 1.807) is 0 Å². The fraction of sp³-hybridized carbons (Fsp3) is 0.667. The number of fused-ring (bicyclic) bond motifs is 1. The Kier molecular flexibility index (Phi) is 0.760. The normalized spacial score (nSPS) is 42.4. The molecule has 2 atom stereocenters. The van der Waals surface area contributed by atoms with E-state index >= 15 is 0 Å². The average molecular weight is 141 g/mol. The van der Waals surface area contributed by atoms with Crippen molar-refractivity contribution >= 4 is 11.9 Å². The number of carboxylic acids is 1. The molecule has 0 bridgehead atoms. The zero-order chi connectivity index (χ0) is 7.35. The highest BCUT2D eigenvalue weighted by Gasteiger charge is 2.66. The van der Waals surface area contributed by atoms with E-state index in [1.807, 2.05) is 0 Å². The first-order chi connectivity index (χ1) is 4.65. The third kappa shape index (κ3) is 0.465. The summed E-state index contributed by atoms with van der Waals surface area (Å²) in [7, 11) is 0. The van der Waals surface area contributed by atoms with Gasteiger partial charge in [-0.25, -0.2) is 4.79 Å². The van der Waals surface area contributed by atoms with Gasteiger partial charge in [0.1, 0.15) is 5.54 Å². The van der Waals surface area contributed by atoms with Crippen molar-refractivity contribution in [1.82, 2.24) is 5.32 Å². The average Bonchev–Trinajstić information content (AvgIpc) is 2.37. The zero-order valence-corrected chi connectivity index (χ0v) is 5.26. The standard InChI is InChI=1S/C6H7NO3/c8-4-1-3-2-6(3,7-4)5(9)10/h3H,1-2H2,(H,7,8)(H,9,10)/t3-,6-/m0/s1. The van der Waals surface area contributed by atoms with E-state index in [1.165, 1.54) is 0 Å². The summed E-state index contributed by atoms with van der Waals surface area (Å²) in [5.41, 5.74) is -0.850. The van der Waals surface area contributed by atoms with Crippen molar-refractivity contribution < 1.29 is 14.7 Å². The molecule has 1 aliphatic carbocycles. The van der Waals surface area contributed by atoms with Crippen LogP contribution in [-0.2, 0) is 9.59 Å². The lowest BCUT2D eigenvalue weighted by Gasteiger charge is -2.04. The van der Waals surface area contributed by atoms with Gasteiger partial charge >= 0.3 is 5.97 Å². The summed E-state index contributed by atoms with van der Waals surface area (Å²) >= 11 is 0. The van der Waals surface area contributed by atoms with Gasteiger partial charge in [0.25, 0.3) is 0 Å². The van der Waals surface area contributed by atoms with Crippen LogP contribution in [0, 0.1) is 5.92 Å². The molecule has 0 radical (unpaired) electrons. The maximum Gasteiger partial charge on any atom is 0.329 e. The Morgan fingerprint density at radius 2 is 2.50 bits per heavy atom. The molecule has 1 aliphatic heterocycles. The number of piperidine rings is 1. The molecule has 4 nitrogen and oxygen atoms in total. The number of carbonyl (C=O) groups excluding carboxylic acids is 1. The van der Waals surface area contributed by atoms with E-state index < -0.39 is 11.5 Å². The molecule has 54 valence electrons. The summed E-state index contributed by atoms with van der Waals surface area (Å²) in [4.78, 5) is 21.1. The Morgan fingerprint density at radius 3 is 2.80 bits per heavy atom. The highest BCUT2D eigenvalue weighted by Crippen LogP contribution is 2.50. The zero-order valence-electron chi connectivity index (χ0n) is 5.26. The van der Waals surface area contributed by atoms with Crippen LogP contribution in [0.3, 0.4) is 0 Å². The molecule has 1 amide bonds. The number of aliphatic carboxylic acids is 1.